The quantitative estimate of drug-likeness (QED) is 0.563. The Kier molecular flexibility index (Phi) is 8.20. The van der Waals surface area contributed by atoms with Crippen LogP contribution >= 0.6 is 0 Å². The Morgan fingerprint density at radius 2 is 1.50 bits per heavy atom. The van der Waals surface area contributed by atoms with E-state index in [0.717, 1.165) is 32.1 Å². The Balaban J connectivity index is 3.63. The number of hydrogen-bond acceptors (Lipinski definition) is 2. The summed E-state index contributed by atoms with van der Waals surface area (Å²) < 4.78 is 0. The molecule has 0 aromatic rings. The number of hydrogen-bond donors (Lipinski definition) is 2. The van der Waals surface area contributed by atoms with Gasteiger partial charge in [0.1, 0.15) is 0 Å². The summed E-state index contributed by atoms with van der Waals surface area (Å²) in [5.74, 6) is 0. The second-order valence-corrected chi connectivity index (χ2v) is 4.43. The summed E-state index contributed by atoms with van der Waals surface area (Å²) in [5.41, 5.74) is 5.81. The molecule has 0 aliphatic rings. The highest BCUT2D eigenvalue weighted by atomic mass is 16.3. The maximum absolute atomic E-state index is 9.24. The summed E-state index contributed by atoms with van der Waals surface area (Å²) in [5, 5.41) is 9.24. The van der Waals surface area contributed by atoms with Gasteiger partial charge in [-0.3, -0.25) is 0 Å². The van der Waals surface area contributed by atoms with Crippen molar-refractivity contribution >= 4 is 0 Å². The minimum Gasteiger partial charge on any atom is -0.394 e. The molecular weight excluding hydrogens is 174 g/mol. The first-order valence-corrected chi connectivity index (χ1v) is 6.08. The van der Waals surface area contributed by atoms with E-state index in [4.69, 9.17) is 5.73 Å². The van der Waals surface area contributed by atoms with Crippen LogP contribution in [0.2, 0.25) is 0 Å². The second-order valence-electron chi connectivity index (χ2n) is 4.43. The van der Waals surface area contributed by atoms with E-state index in [2.05, 4.69) is 13.8 Å². The van der Waals surface area contributed by atoms with Gasteiger partial charge in [-0.25, -0.2) is 0 Å². The fourth-order valence-corrected chi connectivity index (χ4v) is 1.72. The van der Waals surface area contributed by atoms with E-state index in [9.17, 15) is 5.11 Å². The zero-order valence-corrected chi connectivity index (χ0v) is 9.89. The van der Waals surface area contributed by atoms with Gasteiger partial charge in [0.25, 0.3) is 0 Å². The van der Waals surface area contributed by atoms with Crippen LogP contribution in [0.15, 0.2) is 0 Å². The van der Waals surface area contributed by atoms with Gasteiger partial charge in [-0.15, -0.1) is 0 Å². The van der Waals surface area contributed by atoms with Gasteiger partial charge in [-0.1, -0.05) is 52.4 Å². The van der Waals surface area contributed by atoms with E-state index >= 15 is 0 Å². The Labute approximate surface area is 88.9 Å². The van der Waals surface area contributed by atoms with Gasteiger partial charge in [0.05, 0.1) is 6.61 Å². The van der Waals surface area contributed by atoms with Crippen LogP contribution in [0, 0.1) is 0 Å². The molecule has 0 aromatic heterocycles. The summed E-state index contributed by atoms with van der Waals surface area (Å²) >= 11 is 0. The number of unbranched alkanes of at least 4 members (excludes halogenated alkanes) is 4. The van der Waals surface area contributed by atoms with Crippen LogP contribution in [0.25, 0.3) is 0 Å². The van der Waals surface area contributed by atoms with Gasteiger partial charge in [0.15, 0.2) is 0 Å². The van der Waals surface area contributed by atoms with Crippen molar-refractivity contribution in [1.29, 1.82) is 0 Å². The standard InChI is InChI=1S/C12H27NO/c1-3-5-7-8-10-12(13,11-14)9-6-4-2/h14H,3-11,13H2,1-2H3. The molecular formula is C12H27NO. The fraction of sp³-hybridized carbons (Fsp3) is 1.00. The molecule has 0 aliphatic carbocycles. The molecule has 0 heterocycles. The largest absolute Gasteiger partial charge is 0.394 e. The molecule has 3 N–H and O–H groups in total. The molecule has 0 saturated heterocycles. The highest BCUT2D eigenvalue weighted by Gasteiger charge is 2.22. The minimum atomic E-state index is -0.302. The van der Waals surface area contributed by atoms with E-state index in [1.54, 1.807) is 0 Å². The molecule has 0 amide bonds. The molecule has 0 saturated carbocycles. The van der Waals surface area contributed by atoms with E-state index < -0.39 is 0 Å². The second kappa shape index (κ2) is 8.25. The predicted octanol–water partition coefficient (Wildman–Crippen LogP) is 2.84. The van der Waals surface area contributed by atoms with Crippen LogP contribution in [0.1, 0.15) is 65.2 Å². The zero-order chi connectivity index (χ0) is 10.9. The van der Waals surface area contributed by atoms with Gasteiger partial charge >= 0.3 is 0 Å². The van der Waals surface area contributed by atoms with Crippen LogP contribution in [0.4, 0.5) is 0 Å². The monoisotopic (exact) mass is 201 g/mol. The zero-order valence-electron chi connectivity index (χ0n) is 9.89. The number of aliphatic hydroxyl groups excluding tert-OH is 1. The lowest BCUT2D eigenvalue weighted by Gasteiger charge is -2.27. The van der Waals surface area contributed by atoms with Crippen molar-refractivity contribution in [1.82, 2.24) is 0 Å². The van der Waals surface area contributed by atoms with Crippen molar-refractivity contribution in [2.75, 3.05) is 6.61 Å². The maximum atomic E-state index is 9.24. The van der Waals surface area contributed by atoms with Gasteiger partial charge < -0.3 is 10.8 Å². The molecule has 2 nitrogen and oxygen atoms in total. The van der Waals surface area contributed by atoms with Crippen LogP contribution in [0.3, 0.4) is 0 Å². The third kappa shape index (κ3) is 6.39. The Morgan fingerprint density at radius 1 is 0.929 bits per heavy atom. The van der Waals surface area contributed by atoms with Gasteiger partial charge in [0.2, 0.25) is 0 Å². The molecule has 1 unspecified atom stereocenters. The Morgan fingerprint density at radius 3 is 2.00 bits per heavy atom. The lowest BCUT2D eigenvalue weighted by atomic mass is 9.88. The Bertz CT molecular complexity index is 127. The van der Waals surface area contributed by atoms with Crippen LogP contribution < -0.4 is 5.73 Å². The van der Waals surface area contributed by atoms with Crippen molar-refractivity contribution in [2.24, 2.45) is 5.73 Å². The Hall–Kier alpha value is -0.0800. The SMILES string of the molecule is CCCCCCC(N)(CO)CCCC. The summed E-state index contributed by atoms with van der Waals surface area (Å²) in [6, 6.07) is 0. The first kappa shape index (κ1) is 13.9. The highest BCUT2D eigenvalue weighted by Crippen LogP contribution is 2.19. The number of nitrogens with two attached hydrogens (primary N) is 1. The molecule has 14 heavy (non-hydrogen) atoms. The van der Waals surface area contributed by atoms with Crippen molar-refractivity contribution in [3.63, 3.8) is 0 Å². The van der Waals surface area contributed by atoms with Crippen molar-refractivity contribution < 1.29 is 5.11 Å². The fourth-order valence-electron chi connectivity index (χ4n) is 1.72. The van der Waals surface area contributed by atoms with Crippen LogP contribution in [0.5, 0.6) is 0 Å². The smallest absolute Gasteiger partial charge is 0.0611 e. The lowest BCUT2D eigenvalue weighted by molar-refractivity contribution is 0.172. The lowest BCUT2D eigenvalue weighted by Crippen LogP contribution is -2.43. The summed E-state index contributed by atoms with van der Waals surface area (Å²) in [7, 11) is 0. The van der Waals surface area contributed by atoms with Gasteiger partial charge in [-0.2, -0.15) is 0 Å². The predicted molar refractivity (Wildman–Crippen MR) is 62.3 cm³/mol. The third-order valence-corrected chi connectivity index (χ3v) is 2.87. The van der Waals surface area contributed by atoms with Crippen molar-refractivity contribution in [3.05, 3.63) is 0 Å². The summed E-state index contributed by atoms with van der Waals surface area (Å²) in [4.78, 5) is 0. The van der Waals surface area contributed by atoms with Crippen molar-refractivity contribution in [2.45, 2.75) is 70.8 Å². The molecule has 0 aromatic carbocycles. The van der Waals surface area contributed by atoms with E-state index in [-0.39, 0.29) is 12.1 Å². The van der Waals surface area contributed by atoms with Gasteiger partial charge in [0, 0.05) is 5.54 Å². The van der Waals surface area contributed by atoms with Crippen LogP contribution in [-0.4, -0.2) is 17.3 Å². The topological polar surface area (TPSA) is 46.2 Å². The van der Waals surface area contributed by atoms with E-state index in [0.29, 0.717) is 0 Å². The molecule has 2 heteroatoms. The molecule has 1 atom stereocenters. The average Bonchev–Trinajstić information content (AvgIpc) is 2.22. The maximum Gasteiger partial charge on any atom is 0.0611 e. The number of aliphatic hydroxyl groups is 1. The first-order chi connectivity index (χ1) is 6.68. The molecule has 0 aliphatic heterocycles. The van der Waals surface area contributed by atoms with E-state index in [1.807, 2.05) is 0 Å². The molecule has 0 radical (unpaired) electrons. The van der Waals surface area contributed by atoms with Gasteiger partial charge in [-0.05, 0) is 12.8 Å². The van der Waals surface area contributed by atoms with E-state index in [1.165, 1.54) is 19.3 Å². The first-order valence-electron chi connectivity index (χ1n) is 6.08. The normalized spacial score (nSPS) is 15.4. The summed E-state index contributed by atoms with van der Waals surface area (Å²) in [6.45, 7) is 4.51. The molecule has 0 fully saturated rings. The highest BCUT2D eigenvalue weighted by molar-refractivity contribution is 4.82. The average molecular weight is 201 g/mol. The van der Waals surface area contributed by atoms with Crippen molar-refractivity contribution in [3.8, 4) is 0 Å². The summed E-state index contributed by atoms with van der Waals surface area (Å²) in [6.07, 6.45) is 9.19. The third-order valence-electron chi connectivity index (χ3n) is 2.87. The van der Waals surface area contributed by atoms with Crippen LogP contribution in [-0.2, 0) is 0 Å². The molecule has 0 rings (SSSR count). The molecule has 0 spiro atoms. The molecule has 0 bridgehead atoms. The minimum absolute atomic E-state index is 0.138. The number of rotatable bonds is 9. The molecule has 86 valence electrons.